The highest BCUT2D eigenvalue weighted by Crippen LogP contribution is 2.34. The summed E-state index contributed by atoms with van der Waals surface area (Å²) in [4.78, 5) is 4.12. The normalized spacial score (nSPS) is 27.9. The van der Waals surface area contributed by atoms with Crippen molar-refractivity contribution in [2.24, 2.45) is 5.73 Å². The van der Waals surface area contributed by atoms with E-state index in [-0.39, 0.29) is 23.9 Å². The van der Waals surface area contributed by atoms with Gasteiger partial charge in [-0.15, -0.1) is 0 Å². The maximum absolute atomic E-state index is 13.4. The zero-order valence-corrected chi connectivity index (χ0v) is 10.8. The molecule has 1 aromatic heterocycles. The Hall–Kier alpha value is -1.20. The Morgan fingerprint density at radius 1 is 1.32 bits per heavy atom. The highest BCUT2D eigenvalue weighted by Gasteiger charge is 2.30. The van der Waals surface area contributed by atoms with Crippen LogP contribution in [0.5, 0.6) is 5.88 Å². The summed E-state index contributed by atoms with van der Waals surface area (Å²) in [7, 11) is 0. The van der Waals surface area contributed by atoms with Crippen molar-refractivity contribution in [3.8, 4) is 5.88 Å². The lowest BCUT2D eigenvalue weighted by molar-refractivity contribution is 0.0776. The first kappa shape index (κ1) is 12.8. The minimum absolute atomic E-state index is 0.131. The van der Waals surface area contributed by atoms with Gasteiger partial charge in [-0.1, -0.05) is 0 Å². The molecular weight excluding hydrogens is 247 g/mol. The molecule has 0 atom stereocenters. The van der Waals surface area contributed by atoms with Crippen LogP contribution in [-0.2, 0) is 4.74 Å². The van der Waals surface area contributed by atoms with Crippen LogP contribution in [-0.4, -0.2) is 30.3 Å². The molecule has 0 aromatic carbocycles. The zero-order valence-electron chi connectivity index (χ0n) is 10.8. The van der Waals surface area contributed by atoms with Gasteiger partial charge in [0.05, 0.1) is 6.20 Å². The van der Waals surface area contributed by atoms with E-state index in [9.17, 15) is 4.39 Å². The first-order valence-corrected chi connectivity index (χ1v) is 6.88. The lowest BCUT2D eigenvalue weighted by Gasteiger charge is -2.33. The number of aromatic nitrogens is 1. The summed E-state index contributed by atoms with van der Waals surface area (Å²) >= 11 is 0. The molecule has 5 heteroatoms. The van der Waals surface area contributed by atoms with Gasteiger partial charge in [-0.3, -0.25) is 0 Å². The van der Waals surface area contributed by atoms with Crippen molar-refractivity contribution in [2.75, 3.05) is 13.2 Å². The van der Waals surface area contributed by atoms with Gasteiger partial charge in [-0.25, -0.2) is 9.37 Å². The molecule has 0 radical (unpaired) electrons. The molecule has 0 bridgehead atoms. The molecule has 1 saturated carbocycles. The summed E-state index contributed by atoms with van der Waals surface area (Å²) in [5, 5.41) is 0. The van der Waals surface area contributed by atoms with Crippen molar-refractivity contribution in [1.82, 2.24) is 4.98 Å². The fraction of sp³-hybridized carbons (Fsp3) is 0.643. The molecule has 0 unspecified atom stereocenters. The molecule has 19 heavy (non-hydrogen) atoms. The van der Waals surface area contributed by atoms with Crippen LogP contribution >= 0.6 is 0 Å². The van der Waals surface area contributed by atoms with E-state index in [1.165, 1.54) is 6.20 Å². The Bertz CT molecular complexity index is 443. The molecule has 4 nitrogen and oxygen atoms in total. The number of halogens is 1. The third-order valence-electron chi connectivity index (χ3n) is 3.92. The molecule has 2 aliphatic rings. The molecule has 1 aliphatic heterocycles. The van der Waals surface area contributed by atoms with Crippen LogP contribution in [0.2, 0.25) is 0 Å². The lowest BCUT2D eigenvalue weighted by atomic mass is 9.89. The van der Waals surface area contributed by atoms with Crippen LogP contribution in [0.4, 0.5) is 4.39 Å². The summed E-state index contributed by atoms with van der Waals surface area (Å²) in [5.74, 6) is 0.546. The molecule has 2 heterocycles. The van der Waals surface area contributed by atoms with Crippen LogP contribution in [0.1, 0.15) is 37.2 Å². The van der Waals surface area contributed by atoms with E-state index in [1.54, 1.807) is 6.07 Å². The van der Waals surface area contributed by atoms with E-state index in [1.807, 2.05) is 0 Å². The molecular formula is C14H19FN2O2. The lowest BCUT2D eigenvalue weighted by Crippen LogP contribution is -2.43. The van der Waals surface area contributed by atoms with Crippen molar-refractivity contribution in [3.05, 3.63) is 23.6 Å². The maximum Gasteiger partial charge on any atom is 0.217 e. The summed E-state index contributed by atoms with van der Waals surface area (Å²) in [6, 6.07) is 1.79. The number of ether oxygens (including phenoxy) is 2. The third-order valence-corrected chi connectivity index (χ3v) is 3.92. The monoisotopic (exact) mass is 266 g/mol. The predicted molar refractivity (Wildman–Crippen MR) is 68.6 cm³/mol. The maximum atomic E-state index is 13.4. The molecule has 1 saturated heterocycles. The van der Waals surface area contributed by atoms with Crippen molar-refractivity contribution >= 4 is 0 Å². The van der Waals surface area contributed by atoms with Crippen molar-refractivity contribution in [3.63, 3.8) is 0 Å². The molecule has 104 valence electrons. The first-order chi connectivity index (χ1) is 9.22. The van der Waals surface area contributed by atoms with E-state index < -0.39 is 0 Å². The Morgan fingerprint density at radius 3 is 2.74 bits per heavy atom. The molecule has 1 aromatic rings. The topological polar surface area (TPSA) is 57.4 Å². The highest BCUT2D eigenvalue weighted by atomic mass is 19.1. The molecule has 2 fully saturated rings. The van der Waals surface area contributed by atoms with E-state index in [4.69, 9.17) is 15.2 Å². The van der Waals surface area contributed by atoms with Crippen LogP contribution < -0.4 is 10.5 Å². The van der Waals surface area contributed by atoms with Gasteiger partial charge in [0, 0.05) is 24.8 Å². The number of nitrogens with zero attached hydrogens (tertiary/aromatic N) is 1. The molecule has 2 N–H and O–H groups in total. The fourth-order valence-electron chi connectivity index (χ4n) is 2.70. The summed E-state index contributed by atoms with van der Waals surface area (Å²) in [6.07, 6.45) is 4.85. The first-order valence-electron chi connectivity index (χ1n) is 6.88. The Morgan fingerprint density at radius 2 is 2.05 bits per heavy atom. The van der Waals surface area contributed by atoms with E-state index >= 15 is 0 Å². The zero-order chi connectivity index (χ0) is 13.2. The van der Waals surface area contributed by atoms with Gasteiger partial charge in [0.25, 0.3) is 0 Å². The van der Waals surface area contributed by atoms with Gasteiger partial charge in [-0.2, -0.15) is 0 Å². The minimum Gasteiger partial charge on any atom is -0.474 e. The second-order valence-electron chi connectivity index (χ2n) is 5.41. The Kier molecular flexibility index (Phi) is 3.66. The van der Waals surface area contributed by atoms with E-state index in [0.717, 1.165) is 44.5 Å². The van der Waals surface area contributed by atoms with Gasteiger partial charge in [0.15, 0.2) is 0 Å². The fourth-order valence-corrected chi connectivity index (χ4v) is 2.70. The molecule has 1 aliphatic carbocycles. The average Bonchev–Trinajstić information content (AvgIpc) is 2.40. The van der Waals surface area contributed by atoms with Crippen LogP contribution in [0.25, 0.3) is 0 Å². The van der Waals surface area contributed by atoms with Crippen molar-refractivity contribution in [2.45, 2.75) is 43.7 Å². The van der Waals surface area contributed by atoms with Crippen molar-refractivity contribution in [1.29, 1.82) is 0 Å². The number of hydrogen-bond donors (Lipinski definition) is 1. The van der Waals surface area contributed by atoms with Crippen LogP contribution in [0.3, 0.4) is 0 Å². The van der Waals surface area contributed by atoms with Crippen molar-refractivity contribution < 1.29 is 13.9 Å². The third kappa shape index (κ3) is 2.87. The van der Waals surface area contributed by atoms with Gasteiger partial charge in [0.2, 0.25) is 5.88 Å². The standard InChI is InChI=1S/C14H19FN2O2/c15-10-5-13(9-1-3-18-4-2-9)14(17-8-10)19-12-6-11(16)7-12/h5,8-9,11-12H,1-4,6-7,16H2/t11-,12+. The summed E-state index contributed by atoms with van der Waals surface area (Å²) in [6.45, 7) is 1.43. The van der Waals surface area contributed by atoms with Gasteiger partial charge < -0.3 is 15.2 Å². The molecule has 0 spiro atoms. The summed E-state index contributed by atoms with van der Waals surface area (Å²) < 4.78 is 24.6. The predicted octanol–water partition coefficient (Wildman–Crippen LogP) is 1.98. The van der Waals surface area contributed by atoms with E-state index in [0.29, 0.717) is 5.88 Å². The second kappa shape index (κ2) is 5.43. The number of pyridine rings is 1. The van der Waals surface area contributed by atoms with Gasteiger partial charge >= 0.3 is 0 Å². The number of rotatable bonds is 3. The second-order valence-corrected chi connectivity index (χ2v) is 5.41. The quantitative estimate of drug-likeness (QED) is 0.909. The Labute approximate surface area is 112 Å². The average molecular weight is 266 g/mol. The smallest absolute Gasteiger partial charge is 0.217 e. The number of nitrogens with two attached hydrogens (primary N) is 1. The summed E-state index contributed by atoms with van der Waals surface area (Å²) in [5.41, 5.74) is 6.63. The van der Waals surface area contributed by atoms with Crippen LogP contribution in [0.15, 0.2) is 12.3 Å². The van der Waals surface area contributed by atoms with Gasteiger partial charge in [0.1, 0.15) is 11.9 Å². The molecule has 0 amide bonds. The SMILES string of the molecule is N[C@H]1C[C@@H](Oc2ncc(F)cc2C2CCOCC2)C1. The number of hydrogen-bond acceptors (Lipinski definition) is 4. The Balaban J connectivity index is 1.77. The van der Waals surface area contributed by atoms with E-state index in [2.05, 4.69) is 4.98 Å². The highest BCUT2D eigenvalue weighted by molar-refractivity contribution is 5.30. The van der Waals surface area contributed by atoms with Crippen LogP contribution in [0, 0.1) is 5.82 Å². The largest absolute Gasteiger partial charge is 0.474 e. The van der Waals surface area contributed by atoms with Gasteiger partial charge in [-0.05, 0) is 37.7 Å². The molecule has 3 rings (SSSR count). The minimum atomic E-state index is -0.306.